The fourth-order valence-electron chi connectivity index (χ4n) is 3.07. The fraction of sp³-hybridized carbons (Fsp3) is 0.182. The van der Waals surface area contributed by atoms with Gasteiger partial charge in [0.25, 0.3) is 0 Å². The highest BCUT2D eigenvalue weighted by atomic mass is 35.5. The van der Waals surface area contributed by atoms with Gasteiger partial charge in [-0.3, -0.25) is 4.98 Å². The average Bonchev–Trinajstić information content (AvgIpc) is 3.20. The molecule has 0 saturated carbocycles. The van der Waals surface area contributed by atoms with Crippen molar-refractivity contribution in [3.8, 4) is 10.7 Å². The first-order valence-corrected chi connectivity index (χ1v) is 10.5. The zero-order valence-corrected chi connectivity index (χ0v) is 17.8. The second-order valence-electron chi connectivity index (χ2n) is 6.70. The first-order chi connectivity index (χ1) is 14.1. The summed E-state index contributed by atoms with van der Waals surface area (Å²) in [5.41, 5.74) is 5.07. The van der Waals surface area contributed by atoms with Crippen molar-refractivity contribution in [1.82, 2.24) is 19.9 Å². The summed E-state index contributed by atoms with van der Waals surface area (Å²) in [6.07, 6.45) is 2.52. The van der Waals surface area contributed by atoms with Crippen LogP contribution in [-0.2, 0) is 13.0 Å². The van der Waals surface area contributed by atoms with Crippen LogP contribution in [0.25, 0.3) is 10.7 Å². The Bertz CT molecular complexity index is 1110. The maximum Gasteiger partial charge on any atom is 0.142 e. The molecule has 29 heavy (non-hydrogen) atoms. The van der Waals surface area contributed by atoms with E-state index in [9.17, 15) is 0 Å². The Morgan fingerprint density at radius 1 is 1.00 bits per heavy atom. The molecule has 1 N–H and O–H groups in total. The van der Waals surface area contributed by atoms with Gasteiger partial charge in [0.1, 0.15) is 16.6 Å². The summed E-state index contributed by atoms with van der Waals surface area (Å²) in [4.78, 5) is 18.3. The van der Waals surface area contributed by atoms with E-state index in [0.29, 0.717) is 6.54 Å². The Morgan fingerprint density at radius 3 is 2.59 bits per heavy atom. The van der Waals surface area contributed by atoms with E-state index in [-0.39, 0.29) is 0 Å². The van der Waals surface area contributed by atoms with E-state index in [0.717, 1.165) is 50.7 Å². The van der Waals surface area contributed by atoms with Gasteiger partial charge >= 0.3 is 0 Å². The van der Waals surface area contributed by atoms with E-state index in [1.807, 2.05) is 56.3 Å². The Balaban J connectivity index is 1.54. The van der Waals surface area contributed by atoms with Gasteiger partial charge in [-0.25, -0.2) is 15.0 Å². The molecule has 3 heterocycles. The molecular weight excluding hydrogens is 402 g/mol. The van der Waals surface area contributed by atoms with Crippen molar-refractivity contribution in [1.29, 1.82) is 0 Å². The van der Waals surface area contributed by atoms with Crippen LogP contribution in [0.4, 0.5) is 5.82 Å². The van der Waals surface area contributed by atoms with Gasteiger partial charge in [0.05, 0.1) is 17.9 Å². The number of nitrogens with zero attached hydrogens (tertiary/aromatic N) is 4. The molecule has 4 aromatic rings. The lowest BCUT2D eigenvalue weighted by atomic mass is 10.0. The molecule has 146 valence electrons. The van der Waals surface area contributed by atoms with Crippen LogP contribution in [-0.4, -0.2) is 19.9 Å². The van der Waals surface area contributed by atoms with Crippen molar-refractivity contribution in [2.24, 2.45) is 0 Å². The smallest absolute Gasteiger partial charge is 0.142 e. The van der Waals surface area contributed by atoms with E-state index in [4.69, 9.17) is 16.6 Å². The molecular formula is C22H20ClN5S. The molecule has 1 aromatic carbocycles. The molecule has 0 saturated heterocycles. The van der Waals surface area contributed by atoms with Crippen LogP contribution in [0.2, 0.25) is 5.02 Å². The van der Waals surface area contributed by atoms with Crippen molar-refractivity contribution in [2.45, 2.75) is 26.8 Å². The molecule has 0 bridgehead atoms. The Hall–Kier alpha value is -2.83. The largest absolute Gasteiger partial charge is 0.364 e. The molecule has 4 rings (SSSR count). The van der Waals surface area contributed by atoms with Gasteiger partial charge in [-0.2, -0.15) is 0 Å². The summed E-state index contributed by atoms with van der Waals surface area (Å²) in [7, 11) is 0. The molecule has 0 radical (unpaired) electrons. The predicted octanol–water partition coefficient (Wildman–Crippen LogP) is 5.47. The number of halogens is 1. The lowest BCUT2D eigenvalue weighted by Gasteiger charge is -2.14. The predicted molar refractivity (Wildman–Crippen MR) is 118 cm³/mol. The van der Waals surface area contributed by atoms with Gasteiger partial charge in [0.2, 0.25) is 0 Å². The zero-order valence-electron chi connectivity index (χ0n) is 16.2. The molecule has 0 atom stereocenters. The molecule has 0 amide bonds. The van der Waals surface area contributed by atoms with E-state index < -0.39 is 0 Å². The number of anilines is 1. The summed E-state index contributed by atoms with van der Waals surface area (Å²) in [5.74, 6) is 1.59. The van der Waals surface area contributed by atoms with Crippen LogP contribution in [0, 0.1) is 13.8 Å². The molecule has 7 heteroatoms. The molecule has 0 aliphatic carbocycles. The SMILES string of the molecule is Cc1nc(C)c(Cc2ccc(Cl)cc2)c(NCc2csc(-c3ccccn3)n2)n1. The van der Waals surface area contributed by atoms with Gasteiger partial charge in [-0.15, -0.1) is 11.3 Å². The molecule has 0 aliphatic heterocycles. The third-order valence-corrected chi connectivity index (χ3v) is 5.66. The highest BCUT2D eigenvalue weighted by Crippen LogP contribution is 2.24. The number of hydrogen-bond acceptors (Lipinski definition) is 6. The topological polar surface area (TPSA) is 63.6 Å². The lowest BCUT2D eigenvalue weighted by Crippen LogP contribution is -2.10. The second-order valence-corrected chi connectivity index (χ2v) is 7.99. The third kappa shape index (κ3) is 4.78. The minimum Gasteiger partial charge on any atom is -0.364 e. The minimum atomic E-state index is 0.590. The van der Waals surface area contributed by atoms with E-state index in [2.05, 4.69) is 25.6 Å². The minimum absolute atomic E-state index is 0.590. The van der Waals surface area contributed by atoms with Gasteiger partial charge in [-0.05, 0) is 43.7 Å². The maximum atomic E-state index is 6.01. The van der Waals surface area contributed by atoms with Gasteiger partial charge in [0.15, 0.2) is 0 Å². The highest BCUT2D eigenvalue weighted by molar-refractivity contribution is 7.13. The van der Waals surface area contributed by atoms with Crippen molar-refractivity contribution in [2.75, 3.05) is 5.32 Å². The van der Waals surface area contributed by atoms with Crippen molar-refractivity contribution in [3.63, 3.8) is 0 Å². The molecule has 0 unspecified atom stereocenters. The molecule has 0 fully saturated rings. The summed E-state index contributed by atoms with van der Waals surface area (Å²) < 4.78 is 0. The van der Waals surface area contributed by atoms with Gasteiger partial charge < -0.3 is 5.32 Å². The standard InChI is InChI=1S/C22H20ClN5S/c1-14-19(11-16-6-8-17(23)9-7-16)21(27-15(2)26-14)25-12-18-13-29-22(28-18)20-5-3-4-10-24-20/h3-10,13H,11-12H2,1-2H3,(H,25,26,27). The van der Waals surface area contributed by atoms with Crippen LogP contribution in [0.15, 0.2) is 54.0 Å². The maximum absolute atomic E-state index is 6.01. The van der Waals surface area contributed by atoms with Crippen molar-refractivity contribution in [3.05, 3.63) is 87.4 Å². The number of rotatable bonds is 6. The van der Waals surface area contributed by atoms with E-state index >= 15 is 0 Å². The van der Waals surface area contributed by atoms with Gasteiger partial charge in [0, 0.05) is 34.3 Å². The number of benzene rings is 1. The average molecular weight is 422 g/mol. The van der Waals surface area contributed by atoms with Gasteiger partial charge in [-0.1, -0.05) is 29.8 Å². The van der Waals surface area contributed by atoms with Crippen LogP contribution < -0.4 is 5.32 Å². The normalized spacial score (nSPS) is 10.9. The number of hydrogen-bond donors (Lipinski definition) is 1. The highest BCUT2D eigenvalue weighted by Gasteiger charge is 2.12. The Kier molecular flexibility index (Phi) is 5.83. The first-order valence-electron chi connectivity index (χ1n) is 9.27. The number of thiazole rings is 1. The number of aromatic nitrogens is 4. The van der Waals surface area contributed by atoms with Crippen LogP contribution in [0.1, 0.15) is 28.3 Å². The van der Waals surface area contributed by atoms with Crippen molar-refractivity contribution < 1.29 is 0 Å². The van der Waals surface area contributed by atoms with Crippen LogP contribution >= 0.6 is 22.9 Å². The summed E-state index contributed by atoms with van der Waals surface area (Å²) in [6.45, 7) is 4.52. The summed E-state index contributed by atoms with van der Waals surface area (Å²) in [6, 6.07) is 13.7. The van der Waals surface area contributed by atoms with Crippen LogP contribution in [0.5, 0.6) is 0 Å². The number of aryl methyl sites for hydroxylation is 2. The monoisotopic (exact) mass is 421 g/mol. The molecule has 5 nitrogen and oxygen atoms in total. The second kappa shape index (κ2) is 8.68. The molecule has 3 aromatic heterocycles. The molecule has 0 aliphatic rings. The van der Waals surface area contributed by atoms with Crippen LogP contribution in [0.3, 0.4) is 0 Å². The lowest BCUT2D eigenvalue weighted by molar-refractivity contribution is 0.940. The number of nitrogens with one attached hydrogen (secondary N) is 1. The summed E-state index contributed by atoms with van der Waals surface area (Å²) >= 11 is 7.61. The third-order valence-electron chi connectivity index (χ3n) is 4.49. The summed E-state index contributed by atoms with van der Waals surface area (Å²) in [5, 5.41) is 7.15. The molecule has 0 spiro atoms. The van der Waals surface area contributed by atoms with E-state index in [1.165, 1.54) is 5.56 Å². The van der Waals surface area contributed by atoms with Crippen molar-refractivity contribution >= 4 is 28.8 Å². The Labute approximate surface area is 178 Å². The fourth-order valence-corrected chi connectivity index (χ4v) is 3.99. The zero-order chi connectivity index (χ0) is 20.2. The van der Waals surface area contributed by atoms with E-state index in [1.54, 1.807) is 17.5 Å². The first kappa shape index (κ1) is 19.5. The quantitative estimate of drug-likeness (QED) is 0.447. The Morgan fingerprint density at radius 2 is 1.83 bits per heavy atom. The number of pyridine rings is 1.